The minimum atomic E-state index is -0.573. The van der Waals surface area contributed by atoms with Crippen molar-refractivity contribution in [3.8, 4) is 5.75 Å². The Bertz CT molecular complexity index is 1220. The van der Waals surface area contributed by atoms with E-state index in [4.69, 9.17) is 0 Å². The van der Waals surface area contributed by atoms with Gasteiger partial charge in [0.05, 0.1) is 5.69 Å². The van der Waals surface area contributed by atoms with E-state index in [1.807, 2.05) is 41.4 Å². The molecule has 1 unspecified atom stereocenters. The highest BCUT2D eigenvalue weighted by molar-refractivity contribution is 5.96. The minimum Gasteiger partial charge on any atom is -0.502 e. The van der Waals surface area contributed by atoms with E-state index in [-0.39, 0.29) is 24.3 Å². The number of aryl methyl sites for hydroxylation is 1. The van der Waals surface area contributed by atoms with Crippen molar-refractivity contribution in [2.24, 2.45) is 0 Å². The van der Waals surface area contributed by atoms with Crippen molar-refractivity contribution in [1.29, 1.82) is 0 Å². The molecule has 1 N–H and O–H groups in total. The highest BCUT2D eigenvalue weighted by Crippen LogP contribution is 2.33. The van der Waals surface area contributed by atoms with E-state index >= 15 is 0 Å². The summed E-state index contributed by atoms with van der Waals surface area (Å²) in [5, 5.41) is 12.5. The molecule has 0 saturated carbocycles. The summed E-state index contributed by atoms with van der Waals surface area (Å²) in [5.41, 5.74) is 2.50. The fraction of sp³-hybridized carbons (Fsp3) is 0.208. The molecule has 156 valence electrons. The Labute approximate surface area is 179 Å². The number of aromatic nitrogens is 2. The number of pyridine rings is 2. The normalized spacial score (nSPS) is 19.2. The molecule has 1 amide bonds. The van der Waals surface area contributed by atoms with E-state index in [1.165, 1.54) is 11.6 Å². The lowest BCUT2D eigenvalue weighted by atomic mass is 9.94. The van der Waals surface area contributed by atoms with E-state index in [0.717, 1.165) is 24.1 Å². The van der Waals surface area contributed by atoms with Crippen molar-refractivity contribution in [3.05, 3.63) is 106 Å². The van der Waals surface area contributed by atoms with E-state index in [0.29, 0.717) is 6.54 Å². The summed E-state index contributed by atoms with van der Waals surface area (Å²) < 4.78 is 1.60. The fourth-order valence-electron chi connectivity index (χ4n) is 4.33. The van der Waals surface area contributed by atoms with Gasteiger partial charge in [-0.2, -0.15) is 0 Å². The first kappa shape index (κ1) is 19.1. The smallest absolute Gasteiger partial charge is 0.278 e. The van der Waals surface area contributed by atoms with Gasteiger partial charge in [0, 0.05) is 25.0 Å². The summed E-state index contributed by atoms with van der Waals surface area (Å²) in [4.78, 5) is 31.6. The van der Waals surface area contributed by atoms with Gasteiger partial charge in [-0.05, 0) is 36.1 Å². The van der Waals surface area contributed by atoms with Crippen molar-refractivity contribution in [1.82, 2.24) is 14.6 Å². The highest BCUT2D eigenvalue weighted by atomic mass is 16.3. The van der Waals surface area contributed by atoms with E-state index in [1.54, 1.807) is 22.0 Å². The SMILES string of the molecule is O=C1c2c(O)c(=O)ccn2N2CN1C/C=C\CCc1ccccc1C2c1ccccn1. The Hall–Kier alpha value is -3.87. The Balaban J connectivity index is 1.80. The van der Waals surface area contributed by atoms with Crippen LogP contribution in [0.5, 0.6) is 5.75 Å². The zero-order valence-corrected chi connectivity index (χ0v) is 16.9. The first-order valence-corrected chi connectivity index (χ1v) is 10.3. The van der Waals surface area contributed by atoms with Crippen LogP contribution in [-0.2, 0) is 6.42 Å². The van der Waals surface area contributed by atoms with Crippen LogP contribution in [0.15, 0.2) is 77.9 Å². The lowest BCUT2D eigenvalue weighted by Crippen LogP contribution is -2.55. The van der Waals surface area contributed by atoms with Crippen molar-refractivity contribution < 1.29 is 9.90 Å². The maximum atomic E-state index is 13.2. The molecule has 2 aliphatic rings. The average Bonchev–Trinajstić information content (AvgIpc) is 2.82. The number of allylic oxidation sites excluding steroid dienone is 1. The van der Waals surface area contributed by atoms with Gasteiger partial charge in [-0.15, -0.1) is 0 Å². The Morgan fingerprint density at radius 1 is 1.00 bits per heavy atom. The van der Waals surface area contributed by atoms with Crippen molar-refractivity contribution in [2.45, 2.75) is 18.9 Å². The molecule has 0 fully saturated rings. The molecule has 0 aliphatic carbocycles. The molecular weight excluding hydrogens is 392 g/mol. The molecule has 2 bridgehead atoms. The van der Waals surface area contributed by atoms with Crippen LogP contribution in [0.25, 0.3) is 0 Å². The summed E-state index contributed by atoms with van der Waals surface area (Å²) in [5.74, 6) is -0.905. The number of amides is 1. The third-order valence-electron chi connectivity index (χ3n) is 5.82. The third kappa shape index (κ3) is 3.28. The van der Waals surface area contributed by atoms with Gasteiger partial charge in [0.25, 0.3) is 5.91 Å². The van der Waals surface area contributed by atoms with E-state index in [9.17, 15) is 14.7 Å². The van der Waals surface area contributed by atoms with Gasteiger partial charge >= 0.3 is 0 Å². The van der Waals surface area contributed by atoms with Crippen LogP contribution in [-0.4, -0.2) is 38.8 Å². The summed E-state index contributed by atoms with van der Waals surface area (Å²) in [6.45, 7) is 0.678. The van der Waals surface area contributed by atoms with Crippen LogP contribution in [0.4, 0.5) is 0 Å². The van der Waals surface area contributed by atoms with Crippen LogP contribution in [0.2, 0.25) is 0 Å². The number of hydrogen-bond donors (Lipinski definition) is 1. The zero-order chi connectivity index (χ0) is 21.4. The summed E-state index contributed by atoms with van der Waals surface area (Å²) in [7, 11) is 0. The molecule has 3 aromatic rings. The number of benzene rings is 1. The van der Waals surface area contributed by atoms with Gasteiger partial charge in [0.2, 0.25) is 5.43 Å². The molecule has 7 heteroatoms. The van der Waals surface area contributed by atoms with Crippen LogP contribution in [0.3, 0.4) is 0 Å². The minimum absolute atomic E-state index is 0.0233. The second kappa shape index (κ2) is 7.75. The maximum absolute atomic E-state index is 13.2. The van der Waals surface area contributed by atoms with Gasteiger partial charge in [-0.1, -0.05) is 42.5 Å². The summed E-state index contributed by atoms with van der Waals surface area (Å²) in [6.07, 6.45) is 9.06. The standard InChI is InChI=1S/C24H22N4O3/c29-20-12-15-27-22(23(20)30)24(31)26-14-7-1-2-8-17-9-3-4-10-18(17)21(28(27)16-26)19-11-5-6-13-25-19/h1,3-7,9-13,15,21,30H,2,8,14,16H2/b7-1-. The van der Waals surface area contributed by atoms with Crippen molar-refractivity contribution >= 4 is 5.91 Å². The van der Waals surface area contributed by atoms with Crippen LogP contribution in [0.1, 0.15) is 39.8 Å². The maximum Gasteiger partial charge on any atom is 0.278 e. The number of carbonyl (C=O) groups excluding carboxylic acids is 1. The topological polar surface area (TPSA) is 78.7 Å². The largest absolute Gasteiger partial charge is 0.502 e. The fourth-order valence-corrected chi connectivity index (χ4v) is 4.33. The number of rotatable bonds is 1. The van der Waals surface area contributed by atoms with E-state index < -0.39 is 11.2 Å². The second-order valence-electron chi connectivity index (χ2n) is 7.70. The van der Waals surface area contributed by atoms with Crippen LogP contribution in [0, 0.1) is 0 Å². The molecule has 31 heavy (non-hydrogen) atoms. The number of hydrogen-bond acceptors (Lipinski definition) is 5. The molecule has 1 atom stereocenters. The molecule has 5 rings (SSSR count). The monoisotopic (exact) mass is 414 g/mol. The average molecular weight is 414 g/mol. The van der Waals surface area contributed by atoms with Crippen molar-refractivity contribution in [3.63, 3.8) is 0 Å². The Morgan fingerprint density at radius 3 is 2.68 bits per heavy atom. The number of fused-ring (bicyclic) bond motifs is 5. The molecule has 1 aromatic carbocycles. The molecule has 0 radical (unpaired) electrons. The third-order valence-corrected chi connectivity index (χ3v) is 5.82. The van der Waals surface area contributed by atoms with Crippen LogP contribution >= 0.6 is 0 Å². The molecule has 0 saturated heterocycles. The Kier molecular flexibility index (Phi) is 4.78. The predicted molar refractivity (Wildman–Crippen MR) is 116 cm³/mol. The number of aromatic hydroxyl groups is 1. The summed E-state index contributed by atoms with van der Waals surface area (Å²) >= 11 is 0. The lowest BCUT2D eigenvalue weighted by Gasteiger charge is -2.43. The highest BCUT2D eigenvalue weighted by Gasteiger charge is 2.37. The second-order valence-corrected chi connectivity index (χ2v) is 7.70. The van der Waals surface area contributed by atoms with E-state index in [2.05, 4.69) is 23.2 Å². The zero-order valence-electron chi connectivity index (χ0n) is 16.9. The quantitative estimate of drug-likeness (QED) is 0.620. The summed E-state index contributed by atoms with van der Waals surface area (Å²) in [6, 6.07) is 15.0. The number of nitrogens with zero attached hydrogens (tertiary/aromatic N) is 4. The Morgan fingerprint density at radius 2 is 1.84 bits per heavy atom. The number of carbonyl (C=O) groups is 1. The molecular formula is C24H22N4O3. The molecule has 4 heterocycles. The predicted octanol–water partition coefficient (Wildman–Crippen LogP) is 2.59. The molecule has 0 spiro atoms. The van der Waals surface area contributed by atoms with Gasteiger partial charge in [-0.25, -0.2) is 0 Å². The van der Waals surface area contributed by atoms with Gasteiger partial charge in [0.1, 0.15) is 12.7 Å². The van der Waals surface area contributed by atoms with Gasteiger partial charge < -0.3 is 10.0 Å². The van der Waals surface area contributed by atoms with Crippen LogP contribution < -0.4 is 10.4 Å². The first-order valence-electron chi connectivity index (χ1n) is 10.3. The molecule has 2 aliphatic heterocycles. The van der Waals surface area contributed by atoms with Gasteiger partial charge in [-0.3, -0.25) is 24.3 Å². The first-order chi connectivity index (χ1) is 15.1. The molecule has 7 nitrogen and oxygen atoms in total. The van der Waals surface area contributed by atoms with Gasteiger partial charge in [0.15, 0.2) is 11.4 Å². The van der Waals surface area contributed by atoms with Crippen molar-refractivity contribution in [2.75, 3.05) is 18.2 Å². The lowest BCUT2D eigenvalue weighted by molar-refractivity contribution is 0.0701. The molecule has 2 aromatic heterocycles.